The molecular formula is C27H39ClN2O5. The lowest BCUT2D eigenvalue weighted by atomic mass is 9.66. The van der Waals surface area contributed by atoms with E-state index >= 15 is 0 Å². The number of likely N-dealkylation sites (tertiary alicyclic amines) is 1. The molecule has 0 aromatic heterocycles. The lowest BCUT2D eigenvalue weighted by Gasteiger charge is -2.51. The van der Waals surface area contributed by atoms with Crippen LogP contribution in [0.15, 0.2) is 24.3 Å². The largest absolute Gasteiger partial charge is 0.469 e. The molecule has 0 radical (unpaired) electrons. The first kappa shape index (κ1) is 27.5. The summed E-state index contributed by atoms with van der Waals surface area (Å²) < 4.78 is 4.87. The van der Waals surface area contributed by atoms with E-state index < -0.39 is 17.1 Å². The molecule has 35 heavy (non-hydrogen) atoms. The zero-order valence-corrected chi connectivity index (χ0v) is 22.2. The first-order valence-electron chi connectivity index (χ1n) is 12.5. The van der Waals surface area contributed by atoms with Gasteiger partial charge in [-0.1, -0.05) is 57.8 Å². The number of nitrogens with one attached hydrogen (secondary N) is 1. The van der Waals surface area contributed by atoms with Crippen molar-refractivity contribution in [3.8, 4) is 0 Å². The summed E-state index contributed by atoms with van der Waals surface area (Å²) in [5, 5.41) is 15.2. The van der Waals surface area contributed by atoms with Crippen LogP contribution in [0.1, 0.15) is 65.4 Å². The molecule has 1 aliphatic heterocycles. The fourth-order valence-electron chi connectivity index (χ4n) is 5.56. The molecule has 4 atom stereocenters. The van der Waals surface area contributed by atoms with Crippen LogP contribution in [0, 0.1) is 23.2 Å². The van der Waals surface area contributed by atoms with Gasteiger partial charge >= 0.3 is 5.97 Å². The van der Waals surface area contributed by atoms with Crippen LogP contribution < -0.4 is 5.32 Å². The van der Waals surface area contributed by atoms with E-state index in [4.69, 9.17) is 16.3 Å². The van der Waals surface area contributed by atoms with Crippen LogP contribution in [0.25, 0.3) is 0 Å². The van der Waals surface area contributed by atoms with Crippen LogP contribution in [-0.4, -0.2) is 54.0 Å². The SMILES string of the molecule is COC(=O)[C@H]1CCCC(C(=O)N[C@@H](C(=O)N2CC[C@](O)(c3ccc(Cl)cc3)C(C)(C)C2)C(C)C)C1. The minimum Gasteiger partial charge on any atom is -0.469 e. The van der Waals surface area contributed by atoms with Gasteiger partial charge in [0.2, 0.25) is 11.8 Å². The highest BCUT2D eigenvalue weighted by molar-refractivity contribution is 6.30. The zero-order valence-electron chi connectivity index (χ0n) is 21.5. The summed E-state index contributed by atoms with van der Waals surface area (Å²) in [6.07, 6.45) is 3.03. The average Bonchev–Trinajstić information content (AvgIpc) is 2.83. The number of hydrogen-bond donors (Lipinski definition) is 2. The van der Waals surface area contributed by atoms with Crippen molar-refractivity contribution in [2.45, 2.75) is 71.4 Å². The van der Waals surface area contributed by atoms with Gasteiger partial charge in [-0.2, -0.15) is 0 Å². The van der Waals surface area contributed by atoms with Crippen molar-refractivity contribution in [2.75, 3.05) is 20.2 Å². The molecule has 0 bridgehead atoms. The fourth-order valence-corrected chi connectivity index (χ4v) is 5.69. The molecule has 1 heterocycles. The van der Waals surface area contributed by atoms with Crippen molar-refractivity contribution in [3.05, 3.63) is 34.9 Å². The number of ether oxygens (including phenoxy) is 1. The van der Waals surface area contributed by atoms with Crippen LogP contribution in [-0.2, 0) is 24.7 Å². The quantitative estimate of drug-likeness (QED) is 0.570. The van der Waals surface area contributed by atoms with E-state index in [2.05, 4.69) is 5.32 Å². The second-order valence-corrected chi connectivity index (χ2v) is 11.5. The topological polar surface area (TPSA) is 95.9 Å². The Morgan fingerprint density at radius 1 is 1.14 bits per heavy atom. The summed E-state index contributed by atoms with van der Waals surface area (Å²) in [6, 6.07) is 6.54. The molecule has 1 saturated carbocycles. The number of carbonyl (C=O) groups excluding carboxylic acids is 3. The first-order chi connectivity index (χ1) is 16.4. The van der Waals surface area contributed by atoms with Gasteiger partial charge in [0.25, 0.3) is 0 Å². The number of methoxy groups -OCH3 is 1. The number of carbonyl (C=O) groups is 3. The summed E-state index contributed by atoms with van der Waals surface area (Å²) >= 11 is 6.03. The Bertz CT molecular complexity index is 932. The van der Waals surface area contributed by atoms with E-state index in [1.165, 1.54) is 7.11 Å². The first-order valence-corrected chi connectivity index (χ1v) is 12.9. The highest BCUT2D eigenvalue weighted by Gasteiger charge is 2.50. The van der Waals surface area contributed by atoms with E-state index in [0.717, 1.165) is 18.4 Å². The van der Waals surface area contributed by atoms with E-state index in [1.807, 2.05) is 39.8 Å². The van der Waals surface area contributed by atoms with Crippen LogP contribution in [0.2, 0.25) is 5.02 Å². The highest BCUT2D eigenvalue weighted by atomic mass is 35.5. The Morgan fingerprint density at radius 3 is 2.34 bits per heavy atom. The lowest BCUT2D eigenvalue weighted by molar-refractivity contribution is -0.157. The van der Waals surface area contributed by atoms with Crippen molar-refractivity contribution in [1.29, 1.82) is 0 Å². The van der Waals surface area contributed by atoms with Gasteiger partial charge in [-0.3, -0.25) is 14.4 Å². The number of esters is 1. The molecule has 2 fully saturated rings. The number of rotatable bonds is 6. The van der Waals surface area contributed by atoms with Crippen LogP contribution in [0.4, 0.5) is 0 Å². The smallest absolute Gasteiger partial charge is 0.308 e. The highest BCUT2D eigenvalue weighted by Crippen LogP contribution is 2.46. The summed E-state index contributed by atoms with van der Waals surface area (Å²) in [5.74, 6) is -1.28. The molecule has 1 aliphatic carbocycles. The Hall–Kier alpha value is -2.12. The van der Waals surface area contributed by atoms with Gasteiger partial charge in [0.05, 0.1) is 18.6 Å². The monoisotopic (exact) mass is 506 g/mol. The Labute approximate surface area is 213 Å². The Morgan fingerprint density at radius 2 is 1.77 bits per heavy atom. The number of amides is 2. The molecule has 1 aromatic carbocycles. The third-order valence-electron chi connectivity index (χ3n) is 7.89. The van der Waals surface area contributed by atoms with Gasteiger partial charge in [-0.05, 0) is 49.3 Å². The molecular weight excluding hydrogens is 468 g/mol. The minimum atomic E-state index is -1.10. The van der Waals surface area contributed by atoms with E-state index in [-0.39, 0.29) is 35.5 Å². The summed E-state index contributed by atoms with van der Waals surface area (Å²) in [6.45, 7) is 8.49. The molecule has 194 valence electrons. The number of hydrogen-bond acceptors (Lipinski definition) is 5. The van der Waals surface area contributed by atoms with Crippen molar-refractivity contribution >= 4 is 29.4 Å². The number of benzene rings is 1. The molecule has 7 nitrogen and oxygen atoms in total. The third-order valence-corrected chi connectivity index (χ3v) is 8.14. The molecule has 2 aliphatic rings. The van der Waals surface area contributed by atoms with Crippen molar-refractivity contribution in [1.82, 2.24) is 10.2 Å². The molecule has 8 heteroatoms. The molecule has 2 N–H and O–H groups in total. The average molecular weight is 507 g/mol. The van der Waals surface area contributed by atoms with Gasteiger partial charge in [0.15, 0.2) is 0 Å². The number of nitrogens with zero attached hydrogens (tertiary/aromatic N) is 1. The molecule has 1 aromatic rings. The maximum atomic E-state index is 13.6. The van der Waals surface area contributed by atoms with Gasteiger partial charge in [0.1, 0.15) is 6.04 Å². The molecule has 1 saturated heterocycles. The van der Waals surface area contributed by atoms with Gasteiger partial charge < -0.3 is 20.1 Å². The number of piperidine rings is 1. The maximum Gasteiger partial charge on any atom is 0.308 e. The Balaban J connectivity index is 1.70. The molecule has 3 rings (SSSR count). The number of halogens is 1. The number of aliphatic hydroxyl groups is 1. The molecule has 2 amide bonds. The minimum absolute atomic E-state index is 0.105. The predicted molar refractivity (Wildman–Crippen MR) is 135 cm³/mol. The normalized spacial score (nSPS) is 27.3. The van der Waals surface area contributed by atoms with Gasteiger partial charge in [0, 0.05) is 29.4 Å². The fraction of sp³-hybridized carbons (Fsp3) is 0.667. The maximum absolute atomic E-state index is 13.6. The Kier molecular flexibility index (Phi) is 8.53. The third kappa shape index (κ3) is 5.83. The lowest BCUT2D eigenvalue weighted by Crippen LogP contribution is -2.60. The summed E-state index contributed by atoms with van der Waals surface area (Å²) in [4.78, 5) is 40.4. The van der Waals surface area contributed by atoms with Crippen LogP contribution in [0.5, 0.6) is 0 Å². The van der Waals surface area contributed by atoms with Crippen molar-refractivity contribution < 1.29 is 24.2 Å². The van der Waals surface area contributed by atoms with E-state index in [9.17, 15) is 19.5 Å². The summed E-state index contributed by atoms with van der Waals surface area (Å²) in [5.41, 5.74) is -0.932. The predicted octanol–water partition coefficient (Wildman–Crippen LogP) is 3.91. The standard InChI is InChI=1S/C27H39ClN2O5/c1-17(2)22(29-23(31)18-7-6-8-19(15-18)25(33)35-5)24(32)30-14-13-27(34,26(3,4)16-30)20-9-11-21(28)12-10-20/h9-12,17-19,22,34H,6-8,13-16H2,1-5H3,(H,29,31)/t18?,19-,22+,27-/m0/s1. The summed E-state index contributed by atoms with van der Waals surface area (Å²) in [7, 11) is 1.37. The van der Waals surface area contributed by atoms with Crippen molar-refractivity contribution in [2.24, 2.45) is 23.2 Å². The van der Waals surface area contributed by atoms with E-state index in [0.29, 0.717) is 37.4 Å². The molecule has 1 unspecified atom stereocenters. The second-order valence-electron chi connectivity index (χ2n) is 11.1. The van der Waals surface area contributed by atoms with Crippen LogP contribution >= 0.6 is 11.6 Å². The second kappa shape index (κ2) is 10.9. The zero-order chi connectivity index (χ0) is 26.0. The molecule has 0 spiro atoms. The van der Waals surface area contributed by atoms with Crippen molar-refractivity contribution in [3.63, 3.8) is 0 Å². The van der Waals surface area contributed by atoms with Gasteiger partial charge in [-0.15, -0.1) is 0 Å². The van der Waals surface area contributed by atoms with E-state index in [1.54, 1.807) is 17.0 Å². The van der Waals surface area contributed by atoms with Gasteiger partial charge in [-0.25, -0.2) is 0 Å². The van der Waals surface area contributed by atoms with Crippen LogP contribution in [0.3, 0.4) is 0 Å².